The van der Waals surface area contributed by atoms with Crippen molar-refractivity contribution in [2.75, 3.05) is 0 Å². The van der Waals surface area contributed by atoms with Crippen molar-refractivity contribution in [3.63, 3.8) is 0 Å². The second-order valence-corrected chi connectivity index (χ2v) is 6.60. The second-order valence-electron chi connectivity index (χ2n) is 6.60. The quantitative estimate of drug-likeness (QED) is 0.830. The molecule has 6 heteroatoms. The summed E-state index contributed by atoms with van der Waals surface area (Å²) in [5.74, 6) is 0.754. The molecule has 2 bridgehead atoms. The highest BCUT2D eigenvalue weighted by Gasteiger charge is 2.42. The van der Waals surface area contributed by atoms with Crippen molar-refractivity contribution < 1.29 is 13.2 Å². The van der Waals surface area contributed by atoms with Gasteiger partial charge in [0.05, 0.1) is 11.3 Å². The van der Waals surface area contributed by atoms with E-state index in [1.165, 1.54) is 12.1 Å². The summed E-state index contributed by atoms with van der Waals surface area (Å²) in [6.45, 7) is 2.19. The minimum absolute atomic E-state index is 0.126. The van der Waals surface area contributed by atoms with E-state index >= 15 is 0 Å². The van der Waals surface area contributed by atoms with Gasteiger partial charge in [0, 0.05) is 36.8 Å². The van der Waals surface area contributed by atoms with Crippen LogP contribution < -0.4 is 0 Å². The average molecular weight is 333 g/mol. The molecule has 1 fully saturated rings. The maximum atomic E-state index is 13.3. The number of benzene rings is 1. The molecule has 0 unspecified atom stereocenters. The van der Waals surface area contributed by atoms with Gasteiger partial charge in [-0.25, -0.2) is 9.97 Å². The Bertz CT molecular complexity index is 772. The highest BCUT2D eigenvalue weighted by molar-refractivity contribution is 5.32. The second kappa shape index (κ2) is 5.55. The van der Waals surface area contributed by atoms with E-state index in [2.05, 4.69) is 14.9 Å². The van der Waals surface area contributed by atoms with Crippen LogP contribution in [0.4, 0.5) is 13.2 Å². The number of rotatable bonds is 2. The molecular formula is C18H18F3N3. The number of aromatic nitrogens is 2. The summed E-state index contributed by atoms with van der Waals surface area (Å²) in [6, 6.07) is 6.27. The fourth-order valence-electron chi connectivity index (χ4n) is 4.05. The molecular weight excluding hydrogens is 315 g/mol. The Balaban J connectivity index is 1.67. The Labute approximate surface area is 138 Å². The van der Waals surface area contributed by atoms with Gasteiger partial charge in [-0.1, -0.05) is 18.2 Å². The van der Waals surface area contributed by atoms with Crippen molar-refractivity contribution in [2.24, 2.45) is 0 Å². The topological polar surface area (TPSA) is 29.0 Å². The summed E-state index contributed by atoms with van der Waals surface area (Å²) in [5.41, 5.74) is 1.96. The van der Waals surface area contributed by atoms with Gasteiger partial charge < -0.3 is 0 Å². The smallest absolute Gasteiger partial charge is 0.289 e. The van der Waals surface area contributed by atoms with Crippen LogP contribution >= 0.6 is 0 Å². The zero-order chi connectivity index (χ0) is 16.9. The zero-order valence-electron chi connectivity index (χ0n) is 13.3. The van der Waals surface area contributed by atoms with Crippen molar-refractivity contribution >= 4 is 0 Å². The standard InChI is InChI=1S/C18H18F3N3/c1-11-22-9-14-16(23-11)8-13-6-7-17(14)24(13)10-12-4-2-3-5-15(12)18(19,20)21/h2-5,9,13,17H,6-8,10H2,1H3/t13-,17-/m0/s1. The van der Waals surface area contributed by atoms with Crippen LogP contribution in [-0.2, 0) is 19.1 Å². The molecule has 3 heterocycles. The van der Waals surface area contributed by atoms with E-state index in [9.17, 15) is 13.2 Å². The number of hydrogen-bond acceptors (Lipinski definition) is 3. The molecule has 1 aromatic carbocycles. The number of hydrogen-bond donors (Lipinski definition) is 0. The lowest BCUT2D eigenvalue weighted by Crippen LogP contribution is -2.38. The van der Waals surface area contributed by atoms with Crippen molar-refractivity contribution in [1.29, 1.82) is 0 Å². The lowest BCUT2D eigenvalue weighted by Gasteiger charge is -2.36. The molecule has 126 valence electrons. The summed E-state index contributed by atoms with van der Waals surface area (Å²) in [4.78, 5) is 11.0. The first-order valence-electron chi connectivity index (χ1n) is 8.17. The van der Waals surface area contributed by atoms with Crippen molar-refractivity contribution in [3.8, 4) is 0 Å². The largest absolute Gasteiger partial charge is 0.416 e. The Kier molecular flexibility index (Phi) is 3.60. The number of halogens is 3. The molecule has 0 N–H and O–H groups in total. The molecule has 3 nitrogen and oxygen atoms in total. The molecule has 2 aliphatic heterocycles. The number of aryl methyl sites for hydroxylation is 1. The first-order chi connectivity index (χ1) is 11.4. The maximum absolute atomic E-state index is 13.3. The van der Waals surface area contributed by atoms with Gasteiger partial charge in [0.15, 0.2) is 0 Å². The summed E-state index contributed by atoms with van der Waals surface area (Å²) >= 11 is 0. The van der Waals surface area contributed by atoms with Crippen LogP contribution in [0.25, 0.3) is 0 Å². The summed E-state index contributed by atoms with van der Waals surface area (Å²) < 4.78 is 39.8. The van der Waals surface area contributed by atoms with E-state index in [1.54, 1.807) is 12.1 Å². The van der Waals surface area contributed by atoms with E-state index in [-0.39, 0.29) is 12.1 Å². The molecule has 4 rings (SSSR count). The van der Waals surface area contributed by atoms with Crippen molar-refractivity contribution in [3.05, 3.63) is 58.7 Å². The van der Waals surface area contributed by atoms with Crippen LogP contribution in [0, 0.1) is 6.92 Å². The van der Waals surface area contributed by atoms with Crippen LogP contribution in [0.1, 0.15) is 47.1 Å². The first kappa shape index (κ1) is 15.6. The normalized spacial score (nSPS) is 23.3. The lowest BCUT2D eigenvalue weighted by molar-refractivity contribution is -0.138. The summed E-state index contributed by atoms with van der Waals surface area (Å²) in [6.07, 6.45) is 0.284. The third kappa shape index (κ3) is 2.59. The number of alkyl halides is 3. The van der Waals surface area contributed by atoms with Crippen LogP contribution in [-0.4, -0.2) is 20.9 Å². The van der Waals surface area contributed by atoms with Gasteiger partial charge in [0.1, 0.15) is 5.82 Å². The molecule has 1 saturated heterocycles. The van der Waals surface area contributed by atoms with Crippen LogP contribution in [0.5, 0.6) is 0 Å². The van der Waals surface area contributed by atoms with Gasteiger partial charge in [-0.3, -0.25) is 4.90 Å². The molecule has 0 saturated carbocycles. The molecule has 24 heavy (non-hydrogen) atoms. The van der Waals surface area contributed by atoms with Gasteiger partial charge in [-0.2, -0.15) is 13.2 Å². The van der Waals surface area contributed by atoms with E-state index < -0.39 is 11.7 Å². The fraction of sp³-hybridized carbons (Fsp3) is 0.444. The summed E-state index contributed by atoms with van der Waals surface area (Å²) in [7, 11) is 0. The molecule has 0 amide bonds. The Morgan fingerprint density at radius 1 is 1.21 bits per heavy atom. The van der Waals surface area contributed by atoms with E-state index in [1.807, 2.05) is 13.1 Å². The number of nitrogens with zero attached hydrogens (tertiary/aromatic N) is 3. The fourth-order valence-corrected chi connectivity index (χ4v) is 4.05. The molecule has 2 atom stereocenters. The maximum Gasteiger partial charge on any atom is 0.416 e. The van der Waals surface area contributed by atoms with Crippen LogP contribution in [0.15, 0.2) is 30.5 Å². The SMILES string of the molecule is Cc1ncc2c(n1)C[C@@H]1CC[C@@H]2N1Cc1ccccc1C(F)(F)F. The molecule has 1 aromatic heterocycles. The average Bonchev–Trinajstić information content (AvgIpc) is 2.80. The zero-order valence-corrected chi connectivity index (χ0v) is 13.3. The highest BCUT2D eigenvalue weighted by Crippen LogP contribution is 2.44. The van der Waals surface area contributed by atoms with Gasteiger partial charge >= 0.3 is 6.18 Å². The van der Waals surface area contributed by atoms with E-state index in [0.29, 0.717) is 12.1 Å². The minimum atomic E-state index is -4.32. The predicted octanol–water partition coefficient (Wildman–Crippen LogP) is 4.07. The predicted molar refractivity (Wildman–Crippen MR) is 83.2 cm³/mol. The summed E-state index contributed by atoms with van der Waals surface area (Å²) in [5, 5.41) is 0. The lowest BCUT2D eigenvalue weighted by atomic mass is 9.97. The van der Waals surface area contributed by atoms with Crippen molar-refractivity contribution in [1.82, 2.24) is 14.9 Å². The number of fused-ring (bicyclic) bond motifs is 4. The molecule has 0 spiro atoms. The van der Waals surface area contributed by atoms with E-state index in [4.69, 9.17) is 0 Å². The van der Waals surface area contributed by atoms with Crippen LogP contribution in [0.2, 0.25) is 0 Å². The van der Waals surface area contributed by atoms with Gasteiger partial charge in [0.2, 0.25) is 0 Å². The van der Waals surface area contributed by atoms with E-state index in [0.717, 1.165) is 36.3 Å². The third-order valence-corrected chi connectivity index (χ3v) is 5.13. The molecule has 0 radical (unpaired) electrons. The molecule has 2 aromatic rings. The minimum Gasteiger partial charge on any atom is -0.289 e. The Morgan fingerprint density at radius 3 is 2.79 bits per heavy atom. The van der Waals surface area contributed by atoms with Gasteiger partial charge in [-0.05, 0) is 31.4 Å². The van der Waals surface area contributed by atoms with Crippen molar-refractivity contribution in [2.45, 2.75) is 51.0 Å². The van der Waals surface area contributed by atoms with Gasteiger partial charge in [0.25, 0.3) is 0 Å². The third-order valence-electron chi connectivity index (χ3n) is 5.13. The Hall–Kier alpha value is -1.95. The molecule has 0 aliphatic carbocycles. The Morgan fingerprint density at radius 2 is 2.00 bits per heavy atom. The van der Waals surface area contributed by atoms with Crippen LogP contribution in [0.3, 0.4) is 0 Å². The van der Waals surface area contributed by atoms with Gasteiger partial charge in [-0.15, -0.1) is 0 Å². The first-order valence-corrected chi connectivity index (χ1v) is 8.17. The molecule has 2 aliphatic rings. The monoisotopic (exact) mass is 333 g/mol. The highest BCUT2D eigenvalue weighted by atomic mass is 19.4.